The van der Waals surface area contributed by atoms with Crippen LogP contribution >= 0.6 is 24.8 Å². The Labute approximate surface area is 192 Å². The molecule has 7 nitrogen and oxygen atoms in total. The van der Waals surface area contributed by atoms with Gasteiger partial charge in [-0.3, -0.25) is 9.59 Å². The number of hydrogen-bond acceptors (Lipinski definition) is 4. The Kier molecular flexibility index (Phi) is 7.20. The summed E-state index contributed by atoms with van der Waals surface area (Å²) >= 11 is 0. The minimum Gasteiger partial charge on any atom is -0.345 e. The molecule has 3 heterocycles. The predicted octanol–water partition coefficient (Wildman–Crippen LogP) is 3.63. The number of nitrogens with zero attached hydrogens (tertiary/aromatic N) is 2. The number of carbonyl (C=O) groups excluding carboxylic acids is 2. The molecule has 2 fully saturated rings. The maximum Gasteiger partial charge on any atom is 0.255 e. The van der Waals surface area contributed by atoms with Crippen molar-refractivity contribution in [3.63, 3.8) is 0 Å². The quantitative estimate of drug-likeness (QED) is 0.555. The van der Waals surface area contributed by atoms with Crippen LogP contribution < -0.4 is 10.6 Å². The van der Waals surface area contributed by atoms with Crippen molar-refractivity contribution >= 4 is 53.3 Å². The third-order valence-corrected chi connectivity index (χ3v) is 5.94. The van der Waals surface area contributed by atoms with Crippen molar-refractivity contribution in [2.75, 3.05) is 18.4 Å². The van der Waals surface area contributed by atoms with Crippen molar-refractivity contribution < 1.29 is 9.59 Å². The van der Waals surface area contributed by atoms with E-state index in [2.05, 4.69) is 20.6 Å². The molecule has 1 aromatic heterocycles. The number of hydrogen-bond donors (Lipinski definition) is 3. The number of imidazole rings is 1. The number of halogens is 2. The van der Waals surface area contributed by atoms with Gasteiger partial charge in [0.2, 0.25) is 0 Å². The molecule has 0 saturated carbocycles. The molecule has 0 spiro atoms. The maximum atomic E-state index is 13.2. The van der Waals surface area contributed by atoms with E-state index < -0.39 is 0 Å². The molecule has 2 atom stereocenters. The second-order valence-electron chi connectivity index (χ2n) is 7.76. The van der Waals surface area contributed by atoms with Gasteiger partial charge >= 0.3 is 0 Å². The second kappa shape index (κ2) is 9.68. The number of aromatic nitrogens is 2. The molecule has 3 N–H and O–H groups in total. The molecule has 164 valence electrons. The number of H-pyrrole nitrogens is 1. The zero-order chi connectivity index (χ0) is 19.8. The Hall–Kier alpha value is -2.61. The Morgan fingerprint density at radius 1 is 1.00 bits per heavy atom. The Balaban J connectivity index is 0.00000136. The number of benzene rings is 2. The lowest BCUT2D eigenvalue weighted by Crippen LogP contribution is -2.42. The Morgan fingerprint density at radius 3 is 2.71 bits per heavy atom. The van der Waals surface area contributed by atoms with Crippen LogP contribution in [0.15, 0.2) is 48.8 Å². The summed E-state index contributed by atoms with van der Waals surface area (Å²) in [5.41, 5.74) is 3.40. The third kappa shape index (κ3) is 4.54. The van der Waals surface area contributed by atoms with Gasteiger partial charge < -0.3 is 20.5 Å². The lowest BCUT2D eigenvalue weighted by atomic mass is 10.1. The molecule has 2 aliphatic heterocycles. The first-order valence-electron chi connectivity index (χ1n) is 10.1. The molecule has 2 aromatic carbocycles. The van der Waals surface area contributed by atoms with Crippen LogP contribution in [0, 0.1) is 0 Å². The largest absolute Gasteiger partial charge is 0.345 e. The zero-order valence-corrected chi connectivity index (χ0v) is 18.5. The van der Waals surface area contributed by atoms with Crippen LogP contribution in [0.3, 0.4) is 0 Å². The number of fused-ring (bicyclic) bond motifs is 3. The number of aromatic amines is 1. The Bertz CT molecular complexity index is 1070. The van der Waals surface area contributed by atoms with E-state index in [1.165, 1.54) is 0 Å². The SMILES string of the molecule is Cl.Cl.O=C(Nc1cccc(C(=O)N2C3CCNCC2CC3)c1)c1ccc2nc[nH]c2c1. The molecule has 3 aromatic rings. The first kappa shape index (κ1) is 23.1. The van der Waals surface area contributed by atoms with Crippen LogP contribution in [0.25, 0.3) is 11.0 Å². The molecule has 5 rings (SSSR count). The lowest BCUT2D eigenvalue weighted by Gasteiger charge is -2.28. The normalized spacial score (nSPS) is 19.8. The minimum absolute atomic E-state index is 0. The summed E-state index contributed by atoms with van der Waals surface area (Å²) < 4.78 is 0. The summed E-state index contributed by atoms with van der Waals surface area (Å²) in [5.74, 6) is -0.165. The van der Waals surface area contributed by atoms with E-state index >= 15 is 0 Å². The monoisotopic (exact) mass is 461 g/mol. The summed E-state index contributed by atoms with van der Waals surface area (Å²) in [4.78, 5) is 35.1. The van der Waals surface area contributed by atoms with Crippen molar-refractivity contribution in [1.82, 2.24) is 20.2 Å². The summed E-state index contributed by atoms with van der Waals surface area (Å²) in [7, 11) is 0. The topological polar surface area (TPSA) is 90.1 Å². The van der Waals surface area contributed by atoms with Gasteiger partial charge in [0, 0.05) is 35.4 Å². The molecule has 2 bridgehead atoms. The molecule has 2 aliphatic rings. The van der Waals surface area contributed by atoms with Crippen molar-refractivity contribution in [3.05, 3.63) is 59.9 Å². The van der Waals surface area contributed by atoms with Gasteiger partial charge in [0.1, 0.15) is 0 Å². The van der Waals surface area contributed by atoms with Gasteiger partial charge in [0.15, 0.2) is 0 Å². The fourth-order valence-corrected chi connectivity index (χ4v) is 4.47. The average Bonchev–Trinajstić information content (AvgIpc) is 3.29. The van der Waals surface area contributed by atoms with Crippen LogP contribution in [0.4, 0.5) is 5.69 Å². The van der Waals surface area contributed by atoms with Crippen LogP contribution in [0.1, 0.15) is 40.0 Å². The fourth-order valence-electron chi connectivity index (χ4n) is 4.47. The smallest absolute Gasteiger partial charge is 0.255 e. The number of rotatable bonds is 3. The lowest BCUT2D eigenvalue weighted by molar-refractivity contribution is 0.0680. The van der Waals surface area contributed by atoms with Gasteiger partial charge in [0.05, 0.1) is 17.4 Å². The summed E-state index contributed by atoms with van der Waals surface area (Å²) in [6.45, 7) is 1.82. The zero-order valence-electron chi connectivity index (χ0n) is 16.8. The highest BCUT2D eigenvalue weighted by atomic mass is 35.5. The highest BCUT2D eigenvalue weighted by Gasteiger charge is 2.38. The number of amides is 2. The first-order chi connectivity index (χ1) is 14.2. The predicted molar refractivity (Wildman–Crippen MR) is 125 cm³/mol. The molecule has 31 heavy (non-hydrogen) atoms. The molecular weight excluding hydrogens is 437 g/mol. The van der Waals surface area contributed by atoms with Gasteiger partial charge in [-0.15, -0.1) is 24.8 Å². The van der Waals surface area contributed by atoms with Gasteiger partial charge in [-0.1, -0.05) is 6.07 Å². The van der Waals surface area contributed by atoms with Gasteiger partial charge in [-0.25, -0.2) is 4.98 Å². The fraction of sp³-hybridized carbons (Fsp3) is 0.318. The van der Waals surface area contributed by atoms with E-state index in [1.807, 2.05) is 29.2 Å². The van der Waals surface area contributed by atoms with Crippen LogP contribution in [-0.2, 0) is 0 Å². The van der Waals surface area contributed by atoms with Gasteiger partial charge in [-0.05, 0) is 62.2 Å². The van der Waals surface area contributed by atoms with E-state index in [1.54, 1.807) is 24.5 Å². The summed E-state index contributed by atoms with van der Waals surface area (Å²) in [5, 5.41) is 6.33. The van der Waals surface area contributed by atoms with Crippen molar-refractivity contribution in [3.8, 4) is 0 Å². The van der Waals surface area contributed by atoms with E-state index in [9.17, 15) is 9.59 Å². The molecule has 2 unspecified atom stereocenters. The van der Waals surface area contributed by atoms with E-state index in [-0.39, 0.29) is 42.7 Å². The van der Waals surface area contributed by atoms with Crippen molar-refractivity contribution in [1.29, 1.82) is 0 Å². The molecule has 0 aliphatic carbocycles. The average molecular weight is 462 g/mol. The van der Waals surface area contributed by atoms with E-state index in [0.29, 0.717) is 22.9 Å². The van der Waals surface area contributed by atoms with E-state index in [0.717, 1.165) is 43.4 Å². The van der Waals surface area contributed by atoms with Gasteiger partial charge in [-0.2, -0.15) is 0 Å². The maximum absolute atomic E-state index is 13.2. The van der Waals surface area contributed by atoms with Crippen molar-refractivity contribution in [2.24, 2.45) is 0 Å². The highest BCUT2D eigenvalue weighted by molar-refractivity contribution is 6.06. The van der Waals surface area contributed by atoms with E-state index in [4.69, 9.17) is 0 Å². The standard InChI is InChI=1S/C22H23N5O2.2ClH/c28-21(14-4-7-19-20(11-14)25-13-24-19)26-16-3-1-2-15(10-16)22(29)27-17-5-6-18(27)12-23-9-8-17;;/h1-4,7,10-11,13,17-18,23H,5-6,8-9,12H2,(H,24,25)(H,26,28);2*1H. The van der Waals surface area contributed by atoms with Crippen molar-refractivity contribution in [2.45, 2.75) is 31.3 Å². The first-order valence-corrected chi connectivity index (χ1v) is 10.1. The Morgan fingerprint density at radius 2 is 1.84 bits per heavy atom. The third-order valence-electron chi connectivity index (χ3n) is 5.94. The number of anilines is 1. The summed E-state index contributed by atoms with van der Waals surface area (Å²) in [6.07, 6.45) is 4.72. The molecule has 9 heteroatoms. The highest BCUT2D eigenvalue weighted by Crippen LogP contribution is 2.30. The summed E-state index contributed by atoms with van der Waals surface area (Å²) in [6, 6.07) is 13.1. The molecule has 2 saturated heterocycles. The molecular formula is C22H25Cl2N5O2. The van der Waals surface area contributed by atoms with Crippen LogP contribution in [0.5, 0.6) is 0 Å². The minimum atomic E-state index is -0.217. The van der Waals surface area contributed by atoms with Crippen LogP contribution in [-0.4, -0.2) is 51.9 Å². The molecule has 2 amide bonds. The van der Waals surface area contributed by atoms with Crippen LogP contribution in [0.2, 0.25) is 0 Å². The van der Waals surface area contributed by atoms with Gasteiger partial charge in [0.25, 0.3) is 11.8 Å². The molecule has 0 radical (unpaired) electrons. The number of nitrogens with one attached hydrogen (secondary N) is 3. The number of carbonyl (C=O) groups is 2. The second-order valence-corrected chi connectivity index (χ2v) is 7.76.